The minimum Gasteiger partial charge on any atom is -0.305 e. The first-order valence-electron chi connectivity index (χ1n) is 5.08. The van der Waals surface area contributed by atoms with Crippen LogP contribution in [0.25, 0.3) is 0 Å². The van der Waals surface area contributed by atoms with E-state index in [1.807, 2.05) is 11.8 Å². The number of terminal acetylenes is 1. The van der Waals surface area contributed by atoms with Gasteiger partial charge in [0.2, 0.25) is 0 Å². The van der Waals surface area contributed by atoms with Crippen LogP contribution in [-0.2, 0) is 0 Å². The molecule has 15 heavy (non-hydrogen) atoms. The van der Waals surface area contributed by atoms with Crippen LogP contribution in [-0.4, -0.2) is 18.8 Å². The Bertz CT molecular complexity index is 352. The largest absolute Gasteiger partial charge is 0.305 e. The fourth-order valence-electron chi connectivity index (χ4n) is 1.26. The Morgan fingerprint density at radius 2 is 2.20 bits per heavy atom. The Balaban J connectivity index is 2.37. The van der Waals surface area contributed by atoms with Gasteiger partial charge in [-0.25, -0.2) is 0 Å². The van der Waals surface area contributed by atoms with Crippen molar-refractivity contribution in [1.82, 2.24) is 5.32 Å². The molecule has 2 heteroatoms. The SMILES string of the molecule is C#CCNCCSc1cc(C)ccc1C. The van der Waals surface area contributed by atoms with Crippen molar-refractivity contribution in [2.75, 3.05) is 18.8 Å². The highest BCUT2D eigenvalue weighted by molar-refractivity contribution is 7.99. The fraction of sp³-hybridized carbons (Fsp3) is 0.385. The van der Waals surface area contributed by atoms with E-state index in [-0.39, 0.29) is 0 Å². The second-order valence-corrected chi connectivity index (χ2v) is 4.64. The summed E-state index contributed by atoms with van der Waals surface area (Å²) < 4.78 is 0. The maximum Gasteiger partial charge on any atom is 0.0574 e. The molecular weight excluding hydrogens is 202 g/mol. The molecule has 0 atom stereocenters. The molecule has 0 bridgehead atoms. The molecule has 0 aliphatic rings. The van der Waals surface area contributed by atoms with Crippen molar-refractivity contribution in [3.05, 3.63) is 29.3 Å². The molecule has 1 nitrogen and oxygen atoms in total. The lowest BCUT2D eigenvalue weighted by Gasteiger charge is -2.06. The van der Waals surface area contributed by atoms with Crippen molar-refractivity contribution in [2.45, 2.75) is 18.7 Å². The van der Waals surface area contributed by atoms with Crippen molar-refractivity contribution in [2.24, 2.45) is 0 Å². The van der Waals surface area contributed by atoms with Crippen molar-refractivity contribution >= 4 is 11.8 Å². The van der Waals surface area contributed by atoms with Gasteiger partial charge in [-0.2, -0.15) is 0 Å². The Hall–Kier alpha value is -0.910. The predicted molar refractivity (Wildman–Crippen MR) is 68.3 cm³/mol. The second kappa shape index (κ2) is 6.55. The molecule has 0 aromatic heterocycles. The summed E-state index contributed by atoms with van der Waals surface area (Å²) in [6, 6.07) is 6.56. The lowest BCUT2D eigenvalue weighted by atomic mass is 10.2. The molecule has 0 aliphatic heterocycles. The minimum absolute atomic E-state index is 0.660. The lowest BCUT2D eigenvalue weighted by Crippen LogP contribution is -2.16. The van der Waals surface area contributed by atoms with Gasteiger partial charge in [-0.15, -0.1) is 18.2 Å². The van der Waals surface area contributed by atoms with Gasteiger partial charge < -0.3 is 5.32 Å². The molecule has 0 aliphatic carbocycles. The van der Waals surface area contributed by atoms with Crippen molar-refractivity contribution in [1.29, 1.82) is 0 Å². The van der Waals surface area contributed by atoms with Crippen LogP contribution >= 0.6 is 11.8 Å². The number of hydrogen-bond donors (Lipinski definition) is 1. The van der Waals surface area contributed by atoms with Gasteiger partial charge in [0.1, 0.15) is 0 Å². The average molecular weight is 219 g/mol. The van der Waals surface area contributed by atoms with Gasteiger partial charge in [-0.05, 0) is 25.5 Å². The van der Waals surface area contributed by atoms with Gasteiger partial charge in [0.25, 0.3) is 0 Å². The van der Waals surface area contributed by atoms with Crippen LogP contribution in [0.15, 0.2) is 23.1 Å². The first-order valence-corrected chi connectivity index (χ1v) is 6.07. The molecule has 1 rings (SSSR count). The van der Waals surface area contributed by atoms with Crippen LogP contribution in [0.5, 0.6) is 0 Å². The Morgan fingerprint density at radius 1 is 1.40 bits per heavy atom. The van der Waals surface area contributed by atoms with Crippen LogP contribution < -0.4 is 5.32 Å². The summed E-state index contributed by atoms with van der Waals surface area (Å²) >= 11 is 1.88. The Labute approximate surface area is 96.7 Å². The smallest absolute Gasteiger partial charge is 0.0574 e. The zero-order valence-corrected chi connectivity index (χ0v) is 10.2. The molecule has 1 N–H and O–H groups in total. The molecule has 80 valence electrons. The lowest BCUT2D eigenvalue weighted by molar-refractivity contribution is 0.818. The van der Waals surface area contributed by atoms with E-state index in [2.05, 4.69) is 43.3 Å². The summed E-state index contributed by atoms with van der Waals surface area (Å²) in [6.07, 6.45) is 5.15. The molecule has 1 aromatic carbocycles. The third-order valence-corrected chi connectivity index (χ3v) is 3.27. The maximum absolute atomic E-state index is 5.15. The molecular formula is C13H17NS. The molecule has 0 radical (unpaired) electrons. The van der Waals surface area contributed by atoms with Crippen LogP contribution in [0.2, 0.25) is 0 Å². The van der Waals surface area contributed by atoms with Crippen LogP contribution in [0.1, 0.15) is 11.1 Å². The highest BCUT2D eigenvalue weighted by atomic mass is 32.2. The number of nitrogens with one attached hydrogen (secondary N) is 1. The van der Waals surface area contributed by atoms with Gasteiger partial charge in [0.05, 0.1) is 6.54 Å². The summed E-state index contributed by atoms with van der Waals surface area (Å²) in [5.41, 5.74) is 2.67. The van der Waals surface area contributed by atoms with E-state index in [0.717, 1.165) is 12.3 Å². The van der Waals surface area contributed by atoms with Gasteiger partial charge in [-0.3, -0.25) is 0 Å². The molecule has 1 aromatic rings. The maximum atomic E-state index is 5.15. The average Bonchev–Trinajstić information content (AvgIpc) is 2.23. The summed E-state index contributed by atoms with van der Waals surface area (Å²) in [5, 5.41) is 3.18. The topological polar surface area (TPSA) is 12.0 Å². The number of thioether (sulfide) groups is 1. The molecule has 0 saturated heterocycles. The molecule has 0 saturated carbocycles. The summed E-state index contributed by atoms with van der Waals surface area (Å²) in [7, 11) is 0. The monoisotopic (exact) mass is 219 g/mol. The van der Waals surface area contributed by atoms with Gasteiger partial charge in [-0.1, -0.05) is 23.6 Å². The third kappa shape index (κ3) is 4.42. The molecule has 0 spiro atoms. The summed E-state index contributed by atoms with van der Waals surface area (Å²) in [5.74, 6) is 3.63. The first-order chi connectivity index (χ1) is 7.24. The standard InChI is InChI=1S/C13H17NS/c1-4-7-14-8-9-15-13-10-11(2)5-6-12(13)3/h1,5-6,10,14H,7-9H2,2-3H3. The quantitative estimate of drug-likeness (QED) is 0.464. The summed E-state index contributed by atoms with van der Waals surface area (Å²) in [6.45, 7) is 5.90. The normalized spacial score (nSPS) is 9.93. The van der Waals surface area contributed by atoms with Crippen LogP contribution in [0.4, 0.5) is 0 Å². The first kappa shape index (κ1) is 12.2. The van der Waals surface area contributed by atoms with Crippen LogP contribution in [0.3, 0.4) is 0 Å². The van der Waals surface area contributed by atoms with E-state index < -0.39 is 0 Å². The van der Waals surface area contributed by atoms with Crippen molar-refractivity contribution < 1.29 is 0 Å². The minimum atomic E-state index is 0.660. The highest BCUT2D eigenvalue weighted by Gasteiger charge is 1.98. The van der Waals surface area contributed by atoms with Crippen LogP contribution in [0, 0.1) is 26.2 Å². The summed E-state index contributed by atoms with van der Waals surface area (Å²) in [4.78, 5) is 1.37. The zero-order valence-electron chi connectivity index (χ0n) is 9.34. The number of rotatable bonds is 5. The van der Waals surface area contributed by atoms with E-state index in [1.54, 1.807) is 0 Å². The Morgan fingerprint density at radius 3 is 2.93 bits per heavy atom. The van der Waals surface area contributed by atoms with E-state index in [9.17, 15) is 0 Å². The van der Waals surface area contributed by atoms with Gasteiger partial charge in [0.15, 0.2) is 0 Å². The van der Waals surface area contributed by atoms with E-state index >= 15 is 0 Å². The van der Waals surface area contributed by atoms with Gasteiger partial charge >= 0.3 is 0 Å². The van der Waals surface area contributed by atoms with Gasteiger partial charge in [0, 0.05) is 17.2 Å². The third-order valence-electron chi connectivity index (χ3n) is 2.11. The molecule has 0 heterocycles. The van der Waals surface area contributed by atoms with E-state index in [4.69, 9.17) is 6.42 Å². The number of benzene rings is 1. The van der Waals surface area contributed by atoms with Crippen molar-refractivity contribution in [3.63, 3.8) is 0 Å². The molecule has 0 fully saturated rings. The molecule has 0 unspecified atom stereocenters. The zero-order chi connectivity index (χ0) is 11.1. The fourth-order valence-corrected chi connectivity index (χ4v) is 2.29. The van der Waals surface area contributed by atoms with Crippen molar-refractivity contribution in [3.8, 4) is 12.3 Å². The second-order valence-electron chi connectivity index (χ2n) is 3.50. The highest BCUT2D eigenvalue weighted by Crippen LogP contribution is 2.22. The number of aryl methyl sites for hydroxylation is 2. The van der Waals surface area contributed by atoms with E-state index in [1.165, 1.54) is 16.0 Å². The predicted octanol–water partition coefficient (Wildman–Crippen LogP) is 2.62. The molecule has 0 amide bonds. The Kier molecular flexibility index (Phi) is 5.31. The number of hydrogen-bond acceptors (Lipinski definition) is 2. The van der Waals surface area contributed by atoms with E-state index in [0.29, 0.717) is 6.54 Å².